The fraction of sp³-hybridized carbons (Fsp3) is 0.696. The van der Waals surface area contributed by atoms with E-state index >= 15 is 0 Å². The molecule has 178 valence electrons. The minimum absolute atomic E-state index is 0.0626. The molecule has 9 nitrogen and oxygen atoms in total. The summed E-state index contributed by atoms with van der Waals surface area (Å²) < 4.78 is 3.75. The summed E-state index contributed by atoms with van der Waals surface area (Å²) in [6, 6.07) is 0. The highest BCUT2D eigenvalue weighted by Gasteiger charge is 2.60. The van der Waals surface area contributed by atoms with Gasteiger partial charge in [-0.25, -0.2) is 0 Å². The summed E-state index contributed by atoms with van der Waals surface area (Å²) in [6.45, 7) is 5.25. The average Bonchev–Trinajstić information content (AvgIpc) is 3.27. The molecule has 4 fully saturated rings. The maximum atomic E-state index is 12.9. The molecule has 6 rings (SSSR count). The van der Waals surface area contributed by atoms with Crippen LogP contribution >= 0.6 is 11.6 Å². The third kappa shape index (κ3) is 4.05. The summed E-state index contributed by atoms with van der Waals surface area (Å²) in [4.78, 5) is 23.9. The van der Waals surface area contributed by atoms with Crippen molar-refractivity contribution in [1.82, 2.24) is 24.9 Å². The van der Waals surface area contributed by atoms with E-state index in [1.807, 2.05) is 35.6 Å². The van der Waals surface area contributed by atoms with Gasteiger partial charge in [0.25, 0.3) is 0 Å². The molecule has 4 aliphatic carbocycles. The number of rotatable bonds is 8. The van der Waals surface area contributed by atoms with Crippen LogP contribution in [0.2, 0.25) is 5.02 Å². The van der Waals surface area contributed by atoms with Crippen LogP contribution in [-0.2, 0) is 16.9 Å². The second-order valence-electron chi connectivity index (χ2n) is 10.7. The van der Waals surface area contributed by atoms with E-state index in [0.29, 0.717) is 30.5 Å². The minimum Gasteiger partial charge on any atom is -0.358 e. The smallest absolute Gasteiger partial charge is 0.358 e. The van der Waals surface area contributed by atoms with E-state index in [-0.39, 0.29) is 27.7 Å². The topological polar surface area (TPSA) is 108 Å². The van der Waals surface area contributed by atoms with Crippen LogP contribution in [0.5, 0.6) is 0 Å². The molecular weight excluding hydrogens is 444 g/mol. The van der Waals surface area contributed by atoms with Gasteiger partial charge in [-0.1, -0.05) is 11.6 Å². The van der Waals surface area contributed by atoms with Crippen LogP contribution in [0.3, 0.4) is 0 Å². The van der Waals surface area contributed by atoms with E-state index in [0.717, 1.165) is 50.6 Å². The van der Waals surface area contributed by atoms with Crippen LogP contribution in [-0.4, -0.2) is 36.9 Å². The van der Waals surface area contributed by atoms with Crippen LogP contribution < -0.4 is 5.32 Å². The summed E-state index contributed by atoms with van der Waals surface area (Å²) in [5, 5.41) is 23.3. The van der Waals surface area contributed by atoms with Gasteiger partial charge in [-0.2, -0.15) is 9.78 Å². The molecule has 0 radical (unpaired) electrons. The maximum Gasteiger partial charge on any atom is 0.408 e. The summed E-state index contributed by atoms with van der Waals surface area (Å²) in [6.07, 6.45) is 11.3. The van der Waals surface area contributed by atoms with E-state index in [1.54, 1.807) is 0 Å². The van der Waals surface area contributed by atoms with Gasteiger partial charge in [0, 0.05) is 25.7 Å². The molecule has 1 amide bonds. The standard InChI is InChI=1S/C23H31ClN6O3/c1-15-12-26-28(13-15)5-3-4-25-19(31)11-22-7-17-6-18(8-22)10-23(9-17,14-22)29-16(2)20(24)21(27-29)30(32)33/h12-13,17-18H,3-11,14H2,1-2H3,(H,25,31). The molecule has 2 aromatic heterocycles. The highest BCUT2D eigenvalue weighted by molar-refractivity contribution is 6.33. The van der Waals surface area contributed by atoms with Crippen molar-refractivity contribution in [3.8, 4) is 0 Å². The van der Waals surface area contributed by atoms with Crippen LogP contribution in [0.15, 0.2) is 12.4 Å². The maximum absolute atomic E-state index is 12.9. The molecule has 0 spiro atoms. The van der Waals surface area contributed by atoms with Crippen molar-refractivity contribution in [2.24, 2.45) is 17.3 Å². The Morgan fingerprint density at radius 2 is 2.03 bits per heavy atom. The van der Waals surface area contributed by atoms with Crippen molar-refractivity contribution < 1.29 is 9.72 Å². The molecule has 1 N–H and O–H groups in total. The third-order valence-electron chi connectivity index (χ3n) is 7.98. The SMILES string of the molecule is Cc1cnn(CCCNC(=O)CC23CC4CC(C2)CC(n2nc([N+](=O)[O-])c(Cl)c2C)(C4)C3)c1. The zero-order valence-corrected chi connectivity index (χ0v) is 20.0. The summed E-state index contributed by atoms with van der Waals surface area (Å²) >= 11 is 6.29. The summed E-state index contributed by atoms with van der Waals surface area (Å²) in [5.41, 5.74) is 1.46. The Bertz CT molecular complexity index is 1080. The molecule has 0 aromatic carbocycles. The second kappa shape index (κ2) is 8.11. The summed E-state index contributed by atoms with van der Waals surface area (Å²) in [7, 11) is 0. The quantitative estimate of drug-likeness (QED) is 0.351. The largest absolute Gasteiger partial charge is 0.408 e. The van der Waals surface area contributed by atoms with E-state index < -0.39 is 4.92 Å². The number of hydrogen-bond acceptors (Lipinski definition) is 5. The predicted octanol–water partition coefficient (Wildman–Crippen LogP) is 4.15. The lowest BCUT2D eigenvalue weighted by molar-refractivity contribution is -0.389. The molecule has 4 saturated carbocycles. The number of nitrogens with one attached hydrogen (secondary N) is 1. The number of aromatic nitrogens is 4. The lowest BCUT2D eigenvalue weighted by Gasteiger charge is -2.61. The Labute approximate surface area is 198 Å². The molecule has 33 heavy (non-hydrogen) atoms. The van der Waals surface area contributed by atoms with Gasteiger partial charge in [0.2, 0.25) is 5.91 Å². The van der Waals surface area contributed by atoms with Crippen molar-refractivity contribution in [2.45, 2.75) is 77.3 Å². The van der Waals surface area contributed by atoms with Crippen molar-refractivity contribution in [1.29, 1.82) is 0 Å². The van der Waals surface area contributed by atoms with E-state index in [2.05, 4.69) is 15.5 Å². The van der Waals surface area contributed by atoms with Crippen molar-refractivity contribution in [3.63, 3.8) is 0 Å². The first kappa shape index (κ1) is 22.4. The molecule has 2 heterocycles. The van der Waals surface area contributed by atoms with Crippen LogP contribution in [0.1, 0.15) is 62.6 Å². The first-order valence-corrected chi connectivity index (χ1v) is 12.2. The molecule has 0 aliphatic heterocycles. The van der Waals surface area contributed by atoms with Gasteiger partial charge in [-0.05, 0) is 86.5 Å². The van der Waals surface area contributed by atoms with E-state index in [4.69, 9.17) is 11.6 Å². The number of halogens is 1. The Hall–Kier alpha value is -2.42. The molecular formula is C23H31ClN6O3. The molecule has 2 atom stereocenters. The van der Waals surface area contributed by atoms with E-state index in [1.165, 1.54) is 6.42 Å². The Balaban J connectivity index is 1.28. The van der Waals surface area contributed by atoms with Crippen molar-refractivity contribution >= 4 is 23.3 Å². The molecule has 2 aromatic rings. The van der Waals surface area contributed by atoms with Crippen LogP contribution in [0.25, 0.3) is 0 Å². The Kier molecular flexibility index (Phi) is 5.50. The first-order chi connectivity index (χ1) is 15.7. The molecule has 0 saturated heterocycles. The monoisotopic (exact) mass is 474 g/mol. The second-order valence-corrected chi connectivity index (χ2v) is 11.1. The summed E-state index contributed by atoms with van der Waals surface area (Å²) in [5.74, 6) is 0.904. The zero-order chi connectivity index (χ0) is 23.4. The number of carbonyl (C=O) groups excluding carboxylic acids is 1. The number of nitrogens with zero attached hydrogens (tertiary/aromatic N) is 5. The third-order valence-corrected chi connectivity index (χ3v) is 8.43. The highest BCUT2D eigenvalue weighted by atomic mass is 35.5. The van der Waals surface area contributed by atoms with E-state index in [9.17, 15) is 14.9 Å². The molecule has 2 unspecified atom stereocenters. The van der Waals surface area contributed by atoms with Gasteiger partial charge >= 0.3 is 5.82 Å². The van der Waals surface area contributed by atoms with Crippen LogP contribution in [0.4, 0.5) is 5.82 Å². The Morgan fingerprint density at radius 1 is 1.30 bits per heavy atom. The predicted molar refractivity (Wildman–Crippen MR) is 123 cm³/mol. The number of hydrogen-bond donors (Lipinski definition) is 1. The number of carbonyl (C=O) groups is 1. The minimum atomic E-state index is -0.500. The van der Waals surface area contributed by atoms with Crippen molar-refractivity contribution in [3.05, 3.63) is 38.8 Å². The average molecular weight is 475 g/mol. The fourth-order valence-electron chi connectivity index (χ4n) is 7.36. The molecule has 4 bridgehead atoms. The van der Waals surface area contributed by atoms with Crippen LogP contribution in [0, 0.1) is 41.2 Å². The van der Waals surface area contributed by atoms with Gasteiger partial charge in [0.1, 0.15) is 0 Å². The fourth-order valence-corrected chi connectivity index (χ4v) is 7.55. The zero-order valence-electron chi connectivity index (χ0n) is 19.2. The van der Waals surface area contributed by atoms with Gasteiger partial charge in [0.05, 0.1) is 22.5 Å². The number of aryl methyl sites for hydroxylation is 2. The highest BCUT2D eigenvalue weighted by Crippen LogP contribution is 2.65. The molecule has 10 heteroatoms. The van der Waals surface area contributed by atoms with Gasteiger partial charge in [-0.15, -0.1) is 0 Å². The van der Waals surface area contributed by atoms with Gasteiger partial charge in [-0.3, -0.25) is 9.48 Å². The lowest BCUT2D eigenvalue weighted by atomic mass is 9.46. The number of nitro groups is 1. The molecule has 4 aliphatic rings. The normalized spacial score (nSPS) is 30.0. The van der Waals surface area contributed by atoms with Gasteiger partial charge < -0.3 is 15.4 Å². The Morgan fingerprint density at radius 3 is 2.64 bits per heavy atom. The van der Waals surface area contributed by atoms with Gasteiger partial charge in [0.15, 0.2) is 5.02 Å². The first-order valence-electron chi connectivity index (χ1n) is 11.8. The lowest BCUT2D eigenvalue weighted by Crippen LogP contribution is -2.58. The van der Waals surface area contributed by atoms with Crippen molar-refractivity contribution in [2.75, 3.05) is 6.54 Å². The number of amides is 1.